The molecule has 0 aromatic rings. The van der Waals surface area contributed by atoms with Gasteiger partial charge in [0.25, 0.3) is 0 Å². The summed E-state index contributed by atoms with van der Waals surface area (Å²) in [5.41, 5.74) is 0.238. The molecule has 1 amide bonds. The molecule has 13 heavy (non-hydrogen) atoms. The Morgan fingerprint density at radius 3 is 2.92 bits per heavy atom. The number of amides is 1. The highest BCUT2D eigenvalue weighted by molar-refractivity contribution is 5.77. The minimum absolute atomic E-state index is 0.238. The summed E-state index contributed by atoms with van der Waals surface area (Å²) in [5.74, 6) is 0.394. The van der Waals surface area contributed by atoms with Crippen molar-refractivity contribution in [2.24, 2.45) is 5.41 Å². The zero-order valence-electron chi connectivity index (χ0n) is 8.68. The summed E-state index contributed by atoms with van der Waals surface area (Å²) in [6.07, 6.45) is 5.64. The summed E-state index contributed by atoms with van der Waals surface area (Å²) in [6, 6.07) is 0.578. The highest BCUT2D eigenvalue weighted by Gasteiger charge is 2.36. The molecule has 1 unspecified atom stereocenters. The van der Waals surface area contributed by atoms with Crippen LogP contribution in [0.2, 0.25) is 0 Å². The van der Waals surface area contributed by atoms with Crippen molar-refractivity contribution in [1.29, 1.82) is 0 Å². The fourth-order valence-corrected chi connectivity index (χ4v) is 2.62. The van der Waals surface area contributed by atoms with Crippen LogP contribution in [-0.2, 0) is 4.79 Å². The van der Waals surface area contributed by atoms with Crippen LogP contribution in [0, 0.1) is 5.41 Å². The molecule has 2 heteroatoms. The predicted molar refractivity (Wildman–Crippen MR) is 52.4 cm³/mol. The molecular weight excluding hydrogens is 162 g/mol. The monoisotopic (exact) mass is 181 g/mol. The van der Waals surface area contributed by atoms with E-state index < -0.39 is 0 Å². The maximum atomic E-state index is 11.8. The second kappa shape index (κ2) is 3.00. The largest absolute Gasteiger partial charge is 0.340 e. The third-order valence-electron chi connectivity index (χ3n) is 3.48. The van der Waals surface area contributed by atoms with Gasteiger partial charge in [-0.25, -0.2) is 0 Å². The number of nitrogens with zero attached hydrogens (tertiary/aromatic N) is 1. The lowest BCUT2D eigenvalue weighted by atomic mass is 9.84. The van der Waals surface area contributed by atoms with E-state index in [-0.39, 0.29) is 5.41 Å². The average Bonchev–Trinajstić information content (AvgIpc) is 2.43. The first-order chi connectivity index (χ1) is 6.08. The van der Waals surface area contributed by atoms with Gasteiger partial charge in [0.1, 0.15) is 0 Å². The number of fused-ring (bicyclic) bond motifs is 1. The first kappa shape index (κ1) is 9.04. The van der Waals surface area contributed by atoms with Crippen LogP contribution in [0.25, 0.3) is 0 Å². The van der Waals surface area contributed by atoms with Crippen molar-refractivity contribution in [3.05, 3.63) is 0 Å². The molecule has 0 spiro atoms. The Labute approximate surface area is 80.3 Å². The molecular formula is C11H19NO. The molecule has 1 atom stereocenters. The van der Waals surface area contributed by atoms with E-state index in [0.717, 1.165) is 13.0 Å². The van der Waals surface area contributed by atoms with Crippen molar-refractivity contribution in [2.45, 2.75) is 52.0 Å². The Hall–Kier alpha value is -0.530. The normalized spacial score (nSPS) is 32.9. The number of carbonyl (C=O) groups is 1. The van der Waals surface area contributed by atoms with Crippen LogP contribution in [0.5, 0.6) is 0 Å². The molecule has 2 aliphatic rings. The predicted octanol–water partition coefficient (Wildman–Crippen LogP) is 2.19. The van der Waals surface area contributed by atoms with Crippen LogP contribution in [0.1, 0.15) is 46.0 Å². The molecule has 0 aliphatic carbocycles. The molecule has 2 saturated heterocycles. The Balaban J connectivity index is 2.14. The summed E-state index contributed by atoms with van der Waals surface area (Å²) >= 11 is 0. The van der Waals surface area contributed by atoms with Gasteiger partial charge in [0.05, 0.1) is 0 Å². The third-order valence-corrected chi connectivity index (χ3v) is 3.48. The SMILES string of the molecule is CC1(C)CCC2CCCN2C(=O)C1. The fourth-order valence-electron chi connectivity index (χ4n) is 2.62. The van der Waals surface area contributed by atoms with Crippen LogP contribution in [0.3, 0.4) is 0 Å². The summed E-state index contributed by atoms with van der Waals surface area (Å²) < 4.78 is 0. The van der Waals surface area contributed by atoms with Crippen molar-refractivity contribution in [3.63, 3.8) is 0 Å². The van der Waals surface area contributed by atoms with Crippen LogP contribution in [0.15, 0.2) is 0 Å². The van der Waals surface area contributed by atoms with Crippen molar-refractivity contribution >= 4 is 5.91 Å². The van der Waals surface area contributed by atoms with E-state index in [2.05, 4.69) is 18.7 Å². The number of carbonyl (C=O) groups excluding carboxylic acids is 1. The fraction of sp³-hybridized carbons (Fsp3) is 0.909. The number of hydrogen-bond donors (Lipinski definition) is 0. The van der Waals surface area contributed by atoms with Crippen LogP contribution in [0.4, 0.5) is 0 Å². The minimum atomic E-state index is 0.238. The van der Waals surface area contributed by atoms with Gasteiger partial charge in [-0.15, -0.1) is 0 Å². The minimum Gasteiger partial charge on any atom is -0.340 e. The van der Waals surface area contributed by atoms with E-state index in [1.165, 1.54) is 25.7 Å². The van der Waals surface area contributed by atoms with Crippen molar-refractivity contribution in [2.75, 3.05) is 6.54 Å². The van der Waals surface area contributed by atoms with Gasteiger partial charge in [0, 0.05) is 19.0 Å². The Morgan fingerprint density at radius 1 is 1.38 bits per heavy atom. The molecule has 0 aromatic heterocycles. The zero-order chi connectivity index (χ0) is 9.47. The quantitative estimate of drug-likeness (QED) is 0.561. The Kier molecular flexibility index (Phi) is 2.09. The second-order valence-corrected chi connectivity index (χ2v) is 5.26. The standard InChI is InChI=1S/C11H19NO/c1-11(2)6-5-9-4-3-7-12(9)10(13)8-11/h9H,3-8H2,1-2H3. The molecule has 2 heterocycles. The molecule has 0 aromatic carbocycles. The van der Waals surface area contributed by atoms with Gasteiger partial charge < -0.3 is 4.90 Å². The zero-order valence-corrected chi connectivity index (χ0v) is 8.68. The van der Waals surface area contributed by atoms with Gasteiger partial charge in [-0.05, 0) is 31.1 Å². The van der Waals surface area contributed by atoms with Crippen LogP contribution in [-0.4, -0.2) is 23.4 Å². The summed E-state index contributed by atoms with van der Waals surface area (Å²) in [7, 11) is 0. The number of rotatable bonds is 0. The second-order valence-electron chi connectivity index (χ2n) is 5.26. The number of hydrogen-bond acceptors (Lipinski definition) is 1. The molecule has 0 bridgehead atoms. The van der Waals surface area contributed by atoms with Gasteiger partial charge in [-0.2, -0.15) is 0 Å². The topological polar surface area (TPSA) is 20.3 Å². The van der Waals surface area contributed by atoms with Gasteiger partial charge in [0.2, 0.25) is 5.91 Å². The molecule has 2 aliphatic heterocycles. The van der Waals surface area contributed by atoms with Gasteiger partial charge in [0.15, 0.2) is 0 Å². The lowest BCUT2D eigenvalue weighted by Crippen LogP contribution is -2.34. The average molecular weight is 181 g/mol. The molecule has 0 N–H and O–H groups in total. The van der Waals surface area contributed by atoms with Gasteiger partial charge in [-0.1, -0.05) is 13.8 Å². The van der Waals surface area contributed by atoms with E-state index >= 15 is 0 Å². The molecule has 74 valence electrons. The van der Waals surface area contributed by atoms with Gasteiger partial charge >= 0.3 is 0 Å². The highest BCUT2D eigenvalue weighted by Crippen LogP contribution is 2.36. The first-order valence-electron chi connectivity index (χ1n) is 5.38. The van der Waals surface area contributed by atoms with Crippen LogP contribution < -0.4 is 0 Å². The smallest absolute Gasteiger partial charge is 0.223 e. The maximum absolute atomic E-state index is 11.8. The molecule has 2 nitrogen and oxygen atoms in total. The van der Waals surface area contributed by atoms with Crippen molar-refractivity contribution in [3.8, 4) is 0 Å². The Morgan fingerprint density at radius 2 is 2.15 bits per heavy atom. The van der Waals surface area contributed by atoms with E-state index in [4.69, 9.17) is 0 Å². The van der Waals surface area contributed by atoms with E-state index in [9.17, 15) is 4.79 Å². The molecule has 2 fully saturated rings. The maximum Gasteiger partial charge on any atom is 0.223 e. The molecule has 0 radical (unpaired) electrons. The van der Waals surface area contributed by atoms with Crippen molar-refractivity contribution in [1.82, 2.24) is 4.90 Å². The molecule has 0 saturated carbocycles. The summed E-state index contributed by atoms with van der Waals surface area (Å²) in [5, 5.41) is 0. The lowest BCUT2D eigenvalue weighted by Gasteiger charge is -2.22. The summed E-state index contributed by atoms with van der Waals surface area (Å²) in [6.45, 7) is 5.44. The molecule has 2 rings (SSSR count). The Bertz CT molecular complexity index is 222. The van der Waals surface area contributed by atoms with Crippen LogP contribution >= 0.6 is 0 Å². The van der Waals surface area contributed by atoms with Crippen molar-refractivity contribution < 1.29 is 4.79 Å². The van der Waals surface area contributed by atoms with E-state index in [1.807, 2.05) is 0 Å². The summed E-state index contributed by atoms with van der Waals surface area (Å²) in [4.78, 5) is 14.0. The lowest BCUT2D eigenvalue weighted by molar-refractivity contribution is -0.132. The first-order valence-corrected chi connectivity index (χ1v) is 5.38. The van der Waals surface area contributed by atoms with Gasteiger partial charge in [-0.3, -0.25) is 4.79 Å². The third kappa shape index (κ3) is 1.72. The van der Waals surface area contributed by atoms with E-state index in [1.54, 1.807) is 0 Å². The van der Waals surface area contributed by atoms with E-state index in [0.29, 0.717) is 11.9 Å². The highest BCUT2D eigenvalue weighted by atomic mass is 16.2.